The molecule has 3 N–H and O–H groups in total. The molecule has 0 aromatic carbocycles. The molecule has 0 aliphatic heterocycles. The summed E-state index contributed by atoms with van der Waals surface area (Å²) in [6.07, 6.45) is 6.00. The molecule has 1 saturated carbocycles. The Labute approximate surface area is 75.2 Å². The number of hydrogen-bond donors (Lipinski definition) is 2. The molecule has 0 amide bonds. The quantitative estimate of drug-likeness (QED) is 0.676. The lowest BCUT2D eigenvalue weighted by Crippen LogP contribution is -2.24. The van der Waals surface area contributed by atoms with Crippen molar-refractivity contribution in [3.8, 4) is 0 Å². The Balaban J connectivity index is 2.20. The van der Waals surface area contributed by atoms with Gasteiger partial charge < -0.3 is 10.8 Å². The monoisotopic (exact) mass is 171 g/mol. The Morgan fingerprint density at radius 3 is 2.33 bits per heavy atom. The van der Waals surface area contributed by atoms with Gasteiger partial charge >= 0.3 is 0 Å². The SMILES string of the molecule is C[C@@H](O)C1CCC(CCN)CC1. The predicted molar refractivity (Wildman–Crippen MR) is 50.8 cm³/mol. The minimum atomic E-state index is -0.108. The van der Waals surface area contributed by atoms with Crippen LogP contribution in [-0.2, 0) is 0 Å². The zero-order valence-corrected chi connectivity index (χ0v) is 8.00. The molecule has 0 unspecified atom stereocenters. The Bertz CT molecular complexity index is 117. The minimum Gasteiger partial charge on any atom is -0.393 e. The second-order valence-electron chi connectivity index (χ2n) is 4.10. The van der Waals surface area contributed by atoms with Crippen LogP contribution in [0.1, 0.15) is 39.0 Å². The van der Waals surface area contributed by atoms with Gasteiger partial charge in [0.15, 0.2) is 0 Å². The van der Waals surface area contributed by atoms with E-state index in [9.17, 15) is 5.11 Å². The maximum atomic E-state index is 9.37. The van der Waals surface area contributed by atoms with Gasteiger partial charge in [-0.15, -0.1) is 0 Å². The van der Waals surface area contributed by atoms with Crippen molar-refractivity contribution >= 4 is 0 Å². The van der Waals surface area contributed by atoms with E-state index < -0.39 is 0 Å². The molecule has 0 spiro atoms. The summed E-state index contributed by atoms with van der Waals surface area (Å²) in [6.45, 7) is 2.73. The third-order valence-electron chi connectivity index (χ3n) is 3.15. The zero-order chi connectivity index (χ0) is 8.97. The normalized spacial score (nSPS) is 33.2. The first-order valence-electron chi connectivity index (χ1n) is 5.12. The van der Waals surface area contributed by atoms with Crippen LogP contribution in [0.5, 0.6) is 0 Å². The summed E-state index contributed by atoms with van der Waals surface area (Å²) in [5, 5.41) is 9.37. The fourth-order valence-electron chi connectivity index (χ4n) is 2.20. The first kappa shape index (κ1) is 10.0. The molecule has 1 atom stereocenters. The maximum Gasteiger partial charge on any atom is 0.0540 e. The summed E-state index contributed by atoms with van der Waals surface area (Å²) in [6, 6.07) is 0. The van der Waals surface area contributed by atoms with Gasteiger partial charge in [0.05, 0.1) is 6.10 Å². The minimum absolute atomic E-state index is 0.108. The van der Waals surface area contributed by atoms with Crippen molar-refractivity contribution in [1.82, 2.24) is 0 Å². The summed E-state index contributed by atoms with van der Waals surface area (Å²) in [7, 11) is 0. The molecule has 0 radical (unpaired) electrons. The Hall–Kier alpha value is -0.0800. The number of aliphatic hydroxyl groups excluding tert-OH is 1. The molecular weight excluding hydrogens is 150 g/mol. The van der Waals surface area contributed by atoms with E-state index in [0.717, 1.165) is 12.5 Å². The van der Waals surface area contributed by atoms with Gasteiger partial charge in [0.25, 0.3) is 0 Å². The van der Waals surface area contributed by atoms with E-state index in [0.29, 0.717) is 5.92 Å². The number of rotatable bonds is 3. The predicted octanol–water partition coefficient (Wildman–Crippen LogP) is 1.52. The molecule has 0 bridgehead atoms. The molecule has 1 aliphatic carbocycles. The van der Waals surface area contributed by atoms with E-state index in [1.54, 1.807) is 0 Å². The van der Waals surface area contributed by atoms with Crippen molar-refractivity contribution in [3.05, 3.63) is 0 Å². The van der Waals surface area contributed by atoms with Crippen LogP contribution >= 0.6 is 0 Å². The molecule has 0 aromatic heterocycles. The molecular formula is C10H21NO. The van der Waals surface area contributed by atoms with Crippen LogP contribution in [-0.4, -0.2) is 17.8 Å². The average molecular weight is 171 g/mol. The van der Waals surface area contributed by atoms with Gasteiger partial charge in [-0.05, 0) is 44.6 Å². The van der Waals surface area contributed by atoms with Gasteiger partial charge in [-0.1, -0.05) is 12.8 Å². The average Bonchev–Trinajstić information content (AvgIpc) is 2.06. The third-order valence-corrected chi connectivity index (χ3v) is 3.15. The van der Waals surface area contributed by atoms with Crippen molar-refractivity contribution in [1.29, 1.82) is 0 Å². The first-order valence-corrected chi connectivity index (χ1v) is 5.12. The van der Waals surface area contributed by atoms with E-state index in [-0.39, 0.29) is 6.10 Å². The van der Waals surface area contributed by atoms with E-state index >= 15 is 0 Å². The lowest BCUT2D eigenvalue weighted by atomic mass is 9.78. The van der Waals surface area contributed by atoms with Crippen LogP contribution in [0.3, 0.4) is 0 Å². The summed E-state index contributed by atoms with van der Waals surface area (Å²) in [5.41, 5.74) is 5.50. The highest BCUT2D eigenvalue weighted by molar-refractivity contribution is 4.75. The van der Waals surface area contributed by atoms with Gasteiger partial charge in [-0.2, -0.15) is 0 Å². The molecule has 2 heteroatoms. The number of hydrogen-bond acceptors (Lipinski definition) is 2. The van der Waals surface area contributed by atoms with Crippen molar-refractivity contribution < 1.29 is 5.11 Å². The third kappa shape index (κ3) is 2.76. The Kier molecular flexibility index (Phi) is 4.02. The zero-order valence-electron chi connectivity index (χ0n) is 8.00. The van der Waals surface area contributed by atoms with Gasteiger partial charge in [0.1, 0.15) is 0 Å². The topological polar surface area (TPSA) is 46.2 Å². The lowest BCUT2D eigenvalue weighted by molar-refractivity contribution is 0.0876. The lowest BCUT2D eigenvalue weighted by Gasteiger charge is -2.29. The van der Waals surface area contributed by atoms with Crippen LogP contribution in [0.25, 0.3) is 0 Å². The number of aliphatic hydroxyl groups is 1. The standard InChI is InChI=1S/C10H21NO/c1-8(12)10-4-2-9(3-5-10)6-7-11/h8-10,12H,2-7,11H2,1H3/t8-,9?,10?/m1/s1. The molecule has 1 fully saturated rings. The highest BCUT2D eigenvalue weighted by atomic mass is 16.3. The fraction of sp³-hybridized carbons (Fsp3) is 1.00. The van der Waals surface area contributed by atoms with Crippen molar-refractivity contribution in [3.63, 3.8) is 0 Å². The summed E-state index contributed by atoms with van der Waals surface area (Å²) in [5.74, 6) is 1.39. The van der Waals surface area contributed by atoms with Crippen LogP contribution < -0.4 is 5.73 Å². The van der Waals surface area contributed by atoms with Gasteiger partial charge in [-0.3, -0.25) is 0 Å². The van der Waals surface area contributed by atoms with Crippen molar-refractivity contribution in [2.75, 3.05) is 6.54 Å². The first-order chi connectivity index (χ1) is 5.74. The van der Waals surface area contributed by atoms with Crippen molar-refractivity contribution in [2.45, 2.75) is 45.1 Å². The van der Waals surface area contributed by atoms with Crippen LogP contribution in [0, 0.1) is 11.8 Å². The van der Waals surface area contributed by atoms with Gasteiger partial charge in [0.2, 0.25) is 0 Å². The molecule has 72 valence electrons. The molecule has 0 aromatic rings. The summed E-state index contributed by atoms with van der Waals surface area (Å²) in [4.78, 5) is 0. The van der Waals surface area contributed by atoms with Crippen LogP contribution in [0.4, 0.5) is 0 Å². The van der Waals surface area contributed by atoms with Crippen LogP contribution in [0.15, 0.2) is 0 Å². The second kappa shape index (κ2) is 4.83. The largest absolute Gasteiger partial charge is 0.393 e. The smallest absolute Gasteiger partial charge is 0.0540 e. The van der Waals surface area contributed by atoms with Crippen LogP contribution in [0.2, 0.25) is 0 Å². The highest BCUT2D eigenvalue weighted by Gasteiger charge is 2.23. The second-order valence-corrected chi connectivity index (χ2v) is 4.10. The fourth-order valence-corrected chi connectivity index (χ4v) is 2.20. The van der Waals surface area contributed by atoms with Gasteiger partial charge in [-0.25, -0.2) is 0 Å². The molecule has 1 aliphatic rings. The summed E-state index contributed by atoms with van der Waals surface area (Å²) < 4.78 is 0. The molecule has 12 heavy (non-hydrogen) atoms. The summed E-state index contributed by atoms with van der Waals surface area (Å²) >= 11 is 0. The molecule has 1 rings (SSSR count). The van der Waals surface area contributed by atoms with E-state index in [1.165, 1.54) is 32.1 Å². The number of nitrogens with two attached hydrogens (primary N) is 1. The Morgan fingerprint density at radius 1 is 1.33 bits per heavy atom. The van der Waals surface area contributed by atoms with E-state index in [1.807, 2.05) is 6.92 Å². The highest BCUT2D eigenvalue weighted by Crippen LogP contribution is 2.32. The molecule has 2 nitrogen and oxygen atoms in total. The van der Waals surface area contributed by atoms with Crippen molar-refractivity contribution in [2.24, 2.45) is 17.6 Å². The maximum absolute atomic E-state index is 9.37. The van der Waals surface area contributed by atoms with Gasteiger partial charge in [0, 0.05) is 0 Å². The molecule has 0 saturated heterocycles. The van der Waals surface area contributed by atoms with E-state index in [4.69, 9.17) is 5.73 Å². The molecule has 0 heterocycles. The van der Waals surface area contributed by atoms with E-state index in [2.05, 4.69) is 0 Å². The Morgan fingerprint density at radius 2 is 1.92 bits per heavy atom.